The number of hydrogen-bond donors (Lipinski definition) is 1. The molecule has 1 atom stereocenters. The van der Waals surface area contributed by atoms with Crippen molar-refractivity contribution in [2.45, 2.75) is 38.9 Å². The molecule has 4 rings (SSSR count). The van der Waals surface area contributed by atoms with Crippen molar-refractivity contribution in [2.75, 3.05) is 7.11 Å². The number of nitrogens with zero attached hydrogens (tertiary/aromatic N) is 1. The highest BCUT2D eigenvalue weighted by molar-refractivity contribution is 6.02. The van der Waals surface area contributed by atoms with Crippen molar-refractivity contribution in [2.24, 2.45) is 0 Å². The summed E-state index contributed by atoms with van der Waals surface area (Å²) in [6.07, 6.45) is 0.467. The van der Waals surface area contributed by atoms with E-state index in [1.165, 1.54) is 0 Å². The number of nitrogens with one attached hydrogen (secondary N) is 1. The van der Waals surface area contributed by atoms with E-state index in [4.69, 9.17) is 4.74 Å². The van der Waals surface area contributed by atoms with E-state index in [2.05, 4.69) is 5.32 Å². The zero-order chi connectivity index (χ0) is 22.7. The first kappa shape index (κ1) is 21.6. The molecule has 3 aromatic rings. The molecule has 0 unspecified atom stereocenters. The molecule has 5 heteroatoms. The second-order valence-corrected chi connectivity index (χ2v) is 8.52. The van der Waals surface area contributed by atoms with Gasteiger partial charge in [-0.05, 0) is 48.7 Å². The predicted octanol–water partition coefficient (Wildman–Crippen LogP) is 4.28. The van der Waals surface area contributed by atoms with Crippen LogP contribution in [-0.4, -0.2) is 29.4 Å². The predicted molar refractivity (Wildman–Crippen MR) is 124 cm³/mol. The fraction of sp³-hybridized carbons (Fsp3) is 0.259. The number of carbonyl (C=O) groups is 2. The molecule has 0 saturated heterocycles. The first-order valence-electron chi connectivity index (χ1n) is 10.8. The summed E-state index contributed by atoms with van der Waals surface area (Å²) < 4.78 is 5.20. The van der Waals surface area contributed by atoms with Crippen LogP contribution >= 0.6 is 0 Å². The molecule has 1 aliphatic heterocycles. The van der Waals surface area contributed by atoms with Gasteiger partial charge in [-0.1, -0.05) is 60.2 Å². The van der Waals surface area contributed by atoms with Gasteiger partial charge < -0.3 is 15.0 Å². The van der Waals surface area contributed by atoms with Crippen LogP contribution in [-0.2, 0) is 24.3 Å². The van der Waals surface area contributed by atoms with Gasteiger partial charge in [0.15, 0.2) is 0 Å². The number of methoxy groups -OCH3 is 1. The topological polar surface area (TPSA) is 58.6 Å². The quantitative estimate of drug-likeness (QED) is 0.638. The molecule has 0 spiro atoms. The molecule has 5 nitrogen and oxygen atoms in total. The molecular formula is C27H28N2O3. The van der Waals surface area contributed by atoms with E-state index in [1.54, 1.807) is 12.0 Å². The first-order chi connectivity index (χ1) is 15.4. The number of ether oxygens (including phenoxy) is 1. The number of carbonyl (C=O) groups excluding carboxylic acids is 2. The van der Waals surface area contributed by atoms with Gasteiger partial charge in [-0.15, -0.1) is 0 Å². The summed E-state index contributed by atoms with van der Waals surface area (Å²) in [5.41, 5.74) is 3.69. The molecule has 0 aliphatic carbocycles. The van der Waals surface area contributed by atoms with Gasteiger partial charge in [0.1, 0.15) is 11.3 Å². The molecule has 1 N–H and O–H groups in total. The van der Waals surface area contributed by atoms with Crippen LogP contribution in [0.5, 0.6) is 5.75 Å². The monoisotopic (exact) mass is 428 g/mol. The maximum Gasteiger partial charge on any atom is 0.255 e. The molecule has 1 aliphatic rings. The highest BCUT2D eigenvalue weighted by Gasteiger charge is 2.46. The average molecular weight is 429 g/mol. The van der Waals surface area contributed by atoms with Crippen molar-refractivity contribution >= 4 is 11.8 Å². The largest absolute Gasteiger partial charge is 0.497 e. The molecular weight excluding hydrogens is 400 g/mol. The molecule has 32 heavy (non-hydrogen) atoms. The van der Waals surface area contributed by atoms with E-state index in [0.29, 0.717) is 25.1 Å². The summed E-state index contributed by atoms with van der Waals surface area (Å²) in [5, 5.41) is 3.05. The fourth-order valence-electron chi connectivity index (χ4n) is 4.16. The van der Waals surface area contributed by atoms with Crippen molar-refractivity contribution in [1.82, 2.24) is 10.2 Å². The third-order valence-electron chi connectivity index (χ3n) is 6.19. The van der Waals surface area contributed by atoms with Crippen molar-refractivity contribution in [3.8, 4) is 5.75 Å². The minimum absolute atomic E-state index is 0.116. The third-order valence-corrected chi connectivity index (χ3v) is 6.19. The van der Waals surface area contributed by atoms with E-state index in [9.17, 15) is 9.59 Å². The summed E-state index contributed by atoms with van der Waals surface area (Å²) in [4.78, 5) is 28.7. The molecule has 1 heterocycles. The van der Waals surface area contributed by atoms with Gasteiger partial charge in [-0.25, -0.2) is 0 Å². The number of hydrogen-bond acceptors (Lipinski definition) is 3. The van der Waals surface area contributed by atoms with E-state index in [0.717, 1.165) is 28.0 Å². The summed E-state index contributed by atoms with van der Waals surface area (Å²) in [6.45, 7) is 4.65. The minimum atomic E-state index is -0.997. The maximum absolute atomic E-state index is 13.5. The van der Waals surface area contributed by atoms with Gasteiger partial charge >= 0.3 is 0 Å². The highest BCUT2D eigenvalue weighted by atomic mass is 16.5. The maximum atomic E-state index is 13.5. The lowest BCUT2D eigenvalue weighted by molar-refractivity contribution is -0.132. The van der Waals surface area contributed by atoms with Gasteiger partial charge in [-0.2, -0.15) is 0 Å². The van der Waals surface area contributed by atoms with Crippen LogP contribution in [0.15, 0.2) is 72.8 Å². The van der Waals surface area contributed by atoms with Crippen LogP contribution in [0.2, 0.25) is 0 Å². The molecule has 3 aromatic carbocycles. The lowest BCUT2D eigenvalue weighted by atomic mass is 9.82. The second-order valence-electron chi connectivity index (χ2n) is 8.52. The van der Waals surface area contributed by atoms with Gasteiger partial charge in [0.2, 0.25) is 5.91 Å². The van der Waals surface area contributed by atoms with E-state index >= 15 is 0 Å². The zero-order valence-electron chi connectivity index (χ0n) is 18.7. The highest BCUT2D eigenvalue weighted by Crippen LogP contribution is 2.33. The number of benzene rings is 3. The Morgan fingerprint density at radius 2 is 1.66 bits per heavy atom. The normalized spacial score (nSPS) is 17.6. The number of amides is 2. The molecule has 0 fully saturated rings. The Balaban J connectivity index is 1.61. The van der Waals surface area contributed by atoms with Crippen molar-refractivity contribution < 1.29 is 14.3 Å². The minimum Gasteiger partial charge on any atom is -0.497 e. The Morgan fingerprint density at radius 1 is 1.00 bits per heavy atom. The van der Waals surface area contributed by atoms with Crippen LogP contribution in [0.25, 0.3) is 0 Å². The van der Waals surface area contributed by atoms with Crippen molar-refractivity contribution in [3.63, 3.8) is 0 Å². The zero-order valence-corrected chi connectivity index (χ0v) is 18.7. The molecule has 0 radical (unpaired) electrons. The Kier molecular flexibility index (Phi) is 5.99. The SMILES string of the molecule is COc1ccc(CNC(=O)[C@@]2(C)Cc3ccccc3C(=O)N2Cc2ccc(C)cc2)cc1. The first-order valence-corrected chi connectivity index (χ1v) is 10.8. The Hall–Kier alpha value is -3.60. The second kappa shape index (κ2) is 8.87. The molecule has 0 aromatic heterocycles. The van der Waals surface area contributed by atoms with Gasteiger partial charge in [0, 0.05) is 25.1 Å². The molecule has 0 saturated carbocycles. The van der Waals surface area contributed by atoms with E-state index in [1.807, 2.05) is 86.6 Å². The van der Waals surface area contributed by atoms with Crippen LogP contribution in [0.1, 0.15) is 39.5 Å². The smallest absolute Gasteiger partial charge is 0.255 e. The Morgan fingerprint density at radius 3 is 2.34 bits per heavy atom. The average Bonchev–Trinajstić information content (AvgIpc) is 2.81. The summed E-state index contributed by atoms with van der Waals surface area (Å²) >= 11 is 0. The standard InChI is InChI=1S/C27H28N2O3/c1-19-8-10-21(11-9-19)18-29-25(30)24-7-5-4-6-22(24)16-27(29,2)26(31)28-17-20-12-14-23(32-3)15-13-20/h4-15H,16-18H2,1-3H3,(H,28,31)/t27-/m1/s1. The van der Waals surface area contributed by atoms with Gasteiger partial charge in [0.25, 0.3) is 5.91 Å². The van der Waals surface area contributed by atoms with E-state index in [-0.39, 0.29) is 11.8 Å². The number of aryl methyl sites for hydroxylation is 1. The lowest BCUT2D eigenvalue weighted by Gasteiger charge is -2.44. The Labute approximate surface area is 189 Å². The van der Waals surface area contributed by atoms with Crippen molar-refractivity contribution in [3.05, 3.63) is 101 Å². The van der Waals surface area contributed by atoms with Gasteiger partial charge in [-0.3, -0.25) is 9.59 Å². The third kappa shape index (κ3) is 4.24. The van der Waals surface area contributed by atoms with Gasteiger partial charge in [0.05, 0.1) is 7.11 Å². The Bertz CT molecular complexity index is 1120. The van der Waals surface area contributed by atoms with Crippen LogP contribution in [0.3, 0.4) is 0 Å². The summed E-state index contributed by atoms with van der Waals surface area (Å²) in [6, 6.07) is 23.2. The molecule has 0 bridgehead atoms. The summed E-state index contributed by atoms with van der Waals surface area (Å²) in [5.74, 6) is 0.489. The van der Waals surface area contributed by atoms with E-state index < -0.39 is 5.54 Å². The van der Waals surface area contributed by atoms with Crippen LogP contribution < -0.4 is 10.1 Å². The summed E-state index contributed by atoms with van der Waals surface area (Å²) in [7, 11) is 1.62. The fourth-order valence-corrected chi connectivity index (χ4v) is 4.16. The van der Waals surface area contributed by atoms with Crippen LogP contribution in [0, 0.1) is 6.92 Å². The molecule has 2 amide bonds. The van der Waals surface area contributed by atoms with Crippen LogP contribution in [0.4, 0.5) is 0 Å². The number of fused-ring (bicyclic) bond motifs is 1. The lowest BCUT2D eigenvalue weighted by Crippen LogP contribution is -2.62. The van der Waals surface area contributed by atoms with Crippen molar-refractivity contribution in [1.29, 1.82) is 0 Å². The molecule has 164 valence electrons. The number of rotatable bonds is 6.